The van der Waals surface area contributed by atoms with E-state index < -0.39 is 0 Å². The molecular formula is C19H24O2S2. The molecular weight excluding hydrogens is 324 g/mol. The minimum atomic E-state index is 0.0587. The standard InChI is InChI=1S/C19H24O2S2/c1-5-15-17(20)10-18(22)16(11-21-6-2)19(15)23-14-8-12(3)7-13(4)9-14/h7-9,16H,5-6,10-11H2,1-4H3. The molecule has 0 aromatic heterocycles. The maximum atomic E-state index is 12.4. The molecule has 1 unspecified atom stereocenters. The van der Waals surface area contributed by atoms with Crippen LogP contribution in [0.25, 0.3) is 0 Å². The zero-order chi connectivity index (χ0) is 17.0. The fraction of sp³-hybridized carbons (Fsp3) is 0.474. The average molecular weight is 349 g/mol. The number of hydrogen-bond acceptors (Lipinski definition) is 4. The van der Waals surface area contributed by atoms with Crippen LogP contribution in [0, 0.1) is 19.8 Å². The Balaban J connectivity index is 2.41. The van der Waals surface area contributed by atoms with Gasteiger partial charge in [-0.1, -0.05) is 37.0 Å². The number of carbonyl (C=O) groups excluding carboxylic acids is 1. The van der Waals surface area contributed by atoms with Crippen LogP contribution in [0.5, 0.6) is 0 Å². The minimum absolute atomic E-state index is 0.0587. The highest BCUT2D eigenvalue weighted by atomic mass is 32.2. The van der Waals surface area contributed by atoms with Crippen molar-refractivity contribution in [2.24, 2.45) is 5.92 Å². The van der Waals surface area contributed by atoms with Gasteiger partial charge in [-0.15, -0.1) is 0 Å². The molecule has 1 aromatic carbocycles. The highest BCUT2D eigenvalue weighted by Crippen LogP contribution is 2.40. The Kier molecular flexibility index (Phi) is 6.57. The molecule has 0 N–H and O–H groups in total. The van der Waals surface area contributed by atoms with Gasteiger partial charge in [0.05, 0.1) is 6.61 Å². The van der Waals surface area contributed by atoms with Gasteiger partial charge in [0.15, 0.2) is 5.78 Å². The van der Waals surface area contributed by atoms with Gasteiger partial charge in [0.2, 0.25) is 0 Å². The van der Waals surface area contributed by atoms with Gasteiger partial charge in [-0.25, -0.2) is 0 Å². The van der Waals surface area contributed by atoms with Crippen molar-refractivity contribution in [3.8, 4) is 0 Å². The van der Waals surface area contributed by atoms with Crippen LogP contribution in [-0.4, -0.2) is 23.9 Å². The molecule has 1 atom stereocenters. The molecule has 1 aliphatic carbocycles. The third kappa shape index (κ3) is 4.52. The van der Waals surface area contributed by atoms with Crippen LogP contribution >= 0.6 is 24.0 Å². The van der Waals surface area contributed by atoms with Gasteiger partial charge < -0.3 is 4.74 Å². The van der Waals surface area contributed by atoms with Crippen LogP contribution in [-0.2, 0) is 9.53 Å². The maximum absolute atomic E-state index is 12.4. The Morgan fingerprint density at radius 2 is 1.87 bits per heavy atom. The fourth-order valence-corrected chi connectivity index (χ4v) is 4.78. The Bertz CT molecular complexity index is 627. The summed E-state index contributed by atoms with van der Waals surface area (Å²) < 4.78 is 5.64. The zero-order valence-corrected chi connectivity index (χ0v) is 15.9. The maximum Gasteiger partial charge on any atom is 0.164 e. The third-order valence-corrected chi connectivity index (χ3v) is 5.59. The largest absolute Gasteiger partial charge is 0.381 e. The van der Waals surface area contributed by atoms with Crippen LogP contribution in [0.4, 0.5) is 0 Å². The Morgan fingerprint density at radius 3 is 2.43 bits per heavy atom. The van der Waals surface area contributed by atoms with Gasteiger partial charge >= 0.3 is 0 Å². The van der Waals surface area contributed by atoms with Crippen molar-refractivity contribution in [2.45, 2.75) is 45.4 Å². The summed E-state index contributed by atoms with van der Waals surface area (Å²) in [6.45, 7) is 9.45. The monoisotopic (exact) mass is 348 g/mol. The number of allylic oxidation sites excluding steroid dienone is 1. The molecule has 0 radical (unpaired) electrons. The summed E-state index contributed by atoms with van der Waals surface area (Å²) in [6.07, 6.45) is 1.13. The molecule has 0 heterocycles. The number of ether oxygens (including phenoxy) is 1. The summed E-state index contributed by atoms with van der Waals surface area (Å²) >= 11 is 7.20. The van der Waals surface area contributed by atoms with E-state index in [0.717, 1.165) is 21.8 Å². The molecule has 2 rings (SSSR count). The minimum Gasteiger partial charge on any atom is -0.381 e. The van der Waals surface area contributed by atoms with E-state index in [1.54, 1.807) is 11.8 Å². The second-order valence-electron chi connectivity index (χ2n) is 5.90. The first-order valence-corrected chi connectivity index (χ1v) is 9.31. The van der Waals surface area contributed by atoms with Crippen molar-refractivity contribution in [1.82, 2.24) is 0 Å². The third-order valence-electron chi connectivity index (χ3n) is 3.94. The number of carbonyl (C=O) groups is 1. The first-order chi connectivity index (χ1) is 11.0. The Morgan fingerprint density at radius 1 is 1.22 bits per heavy atom. The molecule has 0 saturated carbocycles. The lowest BCUT2D eigenvalue weighted by Crippen LogP contribution is -2.29. The number of hydrogen-bond donors (Lipinski definition) is 0. The lowest BCUT2D eigenvalue weighted by Gasteiger charge is -2.28. The van der Waals surface area contributed by atoms with Gasteiger partial charge in [-0.05, 0) is 50.5 Å². The topological polar surface area (TPSA) is 26.3 Å². The molecule has 0 aliphatic heterocycles. The summed E-state index contributed by atoms with van der Waals surface area (Å²) in [5.41, 5.74) is 3.39. The van der Waals surface area contributed by atoms with Crippen LogP contribution in [0.3, 0.4) is 0 Å². The normalized spacial score (nSPS) is 18.7. The fourth-order valence-electron chi connectivity index (χ4n) is 2.91. The first kappa shape index (κ1) is 18.4. The molecule has 23 heavy (non-hydrogen) atoms. The highest BCUT2D eigenvalue weighted by molar-refractivity contribution is 8.03. The second kappa shape index (κ2) is 8.22. The van der Waals surface area contributed by atoms with Crippen LogP contribution in [0.15, 0.2) is 33.6 Å². The van der Waals surface area contributed by atoms with Gasteiger partial charge in [0.25, 0.3) is 0 Å². The van der Waals surface area contributed by atoms with Crippen LogP contribution in [0.1, 0.15) is 37.8 Å². The number of benzene rings is 1. The summed E-state index contributed by atoms with van der Waals surface area (Å²) in [4.78, 5) is 15.5. The highest BCUT2D eigenvalue weighted by Gasteiger charge is 2.32. The van der Waals surface area contributed by atoms with Gasteiger partial charge in [0, 0.05) is 39.2 Å². The van der Waals surface area contributed by atoms with E-state index in [0.29, 0.717) is 19.6 Å². The van der Waals surface area contributed by atoms with E-state index in [1.807, 2.05) is 13.8 Å². The lowest BCUT2D eigenvalue weighted by molar-refractivity contribution is -0.114. The van der Waals surface area contributed by atoms with Crippen molar-refractivity contribution in [2.75, 3.05) is 13.2 Å². The van der Waals surface area contributed by atoms with Crippen LogP contribution in [0.2, 0.25) is 0 Å². The molecule has 2 nitrogen and oxygen atoms in total. The van der Waals surface area contributed by atoms with E-state index >= 15 is 0 Å². The predicted molar refractivity (Wildman–Crippen MR) is 101 cm³/mol. The van der Waals surface area contributed by atoms with Crippen molar-refractivity contribution < 1.29 is 9.53 Å². The number of aryl methyl sites for hydroxylation is 2. The van der Waals surface area contributed by atoms with Gasteiger partial charge in [-0.2, -0.15) is 0 Å². The molecule has 1 aliphatic rings. The van der Waals surface area contributed by atoms with E-state index in [1.165, 1.54) is 16.0 Å². The molecule has 0 fully saturated rings. The number of ketones is 1. The molecule has 4 heteroatoms. The van der Waals surface area contributed by atoms with E-state index in [-0.39, 0.29) is 11.7 Å². The molecule has 124 valence electrons. The molecule has 1 aromatic rings. The molecule has 0 bridgehead atoms. The van der Waals surface area contributed by atoms with E-state index in [9.17, 15) is 4.79 Å². The number of thioether (sulfide) groups is 1. The zero-order valence-electron chi connectivity index (χ0n) is 14.3. The summed E-state index contributed by atoms with van der Waals surface area (Å²) in [7, 11) is 0. The summed E-state index contributed by atoms with van der Waals surface area (Å²) in [5.74, 6) is 0.237. The number of thiocarbonyl (C=S) groups is 1. The predicted octanol–water partition coefficient (Wildman–Crippen LogP) is 5.06. The van der Waals surface area contributed by atoms with Crippen molar-refractivity contribution in [3.05, 3.63) is 39.8 Å². The SMILES string of the molecule is CCOCC1C(=S)CC(=O)C(CC)=C1Sc1cc(C)cc(C)c1. The van der Waals surface area contributed by atoms with Crippen LogP contribution < -0.4 is 0 Å². The van der Waals surface area contributed by atoms with E-state index in [2.05, 4.69) is 32.0 Å². The summed E-state index contributed by atoms with van der Waals surface area (Å²) in [5, 5.41) is 0. The van der Waals surface area contributed by atoms with Gasteiger partial charge in [-0.3, -0.25) is 4.79 Å². The first-order valence-electron chi connectivity index (χ1n) is 8.09. The quantitative estimate of drug-likeness (QED) is 0.672. The number of Topliss-reactive ketones (excluding diaryl/α,β-unsaturated/α-hetero) is 1. The van der Waals surface area contributed by atoms with Gasteiger partial charge in [0.1, 0.15) is 0 Å². The molecule has 0 amide bonds. The lowest BCUT2D eigenvalue weighted by atomic mass is 9.88. The van der Waals surface area contributed by atoms with Crippen molar-refractivity contribution in [3.63, 3.8) is 0 Å². The molecule has 0 saturated heterocycles. The Hall–Kier alpha value is -0.970. The van der Waals surface area contributed by atoms with Crippen molar-refractivity contribution in [1.29, 1.82) is 0 Å². The smallest absolute Gasteiger partial charge is 0.164 e. The molecule has 0 spiro atoms. The average Bonchev–Trinajstić information content (AvgIpc) is 2.46. The Labute approximate surface area is 148 Å². The second-order valence-corrected chi connectivity index (χ2v) is 7.54. The number of rotatable bonds is 6. The van der Waals surface area contributed by atoms with Crippen molar-refractivity contribution >= 4 is 34.6 Å². The summed E-state index contributed by atoms with van der Waals surface area (Å²) in [6, 6.07) is 6.49. The van der Waals surface area contributed by atoms with E-state index in [4.69, 9.17) is 17.0 Å².